The van der Waals surface area contributed by atoms with E-state index in [1.54, 1.807) is 0 Å². The molecule has 4 heteroatoms. The first-order valence-electron chi connectivity index (χ1n) is 2.27. The molecule has 0 aliphatic heterocycles. The summed E-state index contributed by atoms with van der Waals surface area (Å²) in [5, 5.41) is 17.3. The van der Waals surface area contributed by atoms with Crippen LogP contribution in [0.1, 0.15) is 0 Å². The van der Waals surface area contributed by atoms with Gasteiger partial charge in [0.05, 0.1) is 0 Å². The molecule has 0 heterocycles. The van der Waals surface area contributed by atoms with E-state index < -0.39 is 0 Å². The Hall–Kier alpha value is -0.250. The quantitative estimate of drug-likeness (QED) is 0.289. The molecule has 0 unspecified atom stereocenters. The summed E-state index contributed by atoms with van der Waals surface area (Å²) in [7, 11) is 0. The number of aromatic hydroxyl groups is 2. The summed E-state index contributed by atoms with van der Waals surface area (Å²) in [6.07, 6.45) is 0. The molecule has 50 valence electrons. The SMILES string of the molecule is Oc1ccc(O)cc1.[F-].[Na+]. The molecule has 10 heavy (non-hydrogen) atoms. The van der Waals surface area contributed by atoms with Crippen molar-refractivity contribution in [2.75, 3.05) is 0 Å². The Morgan fingerprint density at radius 2 is 1.00 bits per heavy atom. The van der Waals surface area contributed by atoms with Crippen LogP contribution in [0.5, 0.6) is 11.5 Å². The fourth-order valence-electron chi connectivity index (χ4n) is 0.453. The minimum atomic E-state index is 0. The van der Waals surface area contributed by atoms with Crippen LogP contribution in [-0.4, -0.2) is 10.2 Å². The van der Waals surface area contributed by atoms with Gasteiger partial charge in [-0.05, 0) is 24.3 Å². The van der Waals surface area contributed by atoms with Crippen LogP contribution in [-0.2, 0) is 0 Å². The molecular weight excluding hydrogens is 146 g/mol. The van der Waals surface area contributed by atoms with Gasteiger partial charge in [-0.1, -0.05) is 0 Å². The van der Waals surface area contributed by atoms with E-state index in [9.17, 15) is 0 Å². The summed E-state index contributed by atoms with van der Waals surface area (Å²) < 4.78 is 0. The van der Waals surface area contributed by atoms with Gasteiger partial charge in [0.1, 0.15) is 11.5 Å². The Morgan fingerprint density at radius 1 is 0.800 bits per heavy atom. The molecule has 0 aromatic heterocycles. The zero-order valence-electron chi connectivity index (χ0n) is 5.58. The van der Waals surface area contributed by atoms with Crippen molar-refractivity contribution in [3.05, 3.63) is 24.3 Å². The molecule has 2 nitrogen and oxygen atoms in total. The van der Waals surface area contributed by atoms with Gasteiger partial charge in [0, 0.05) is 0 Å². The molecule has 1 rings (SSSR count). The van der Waals surface area contributed by atoms with Crippen molar-refractivity contribution < 1.29 is 44.5 Å². The van der Waals surface area contributed by atoms with E-state index in [4.69, 9.17) is 10.2 Å². The van der Waals surface area contributed by atoms with Gasteiger partial charge in [-0.25, -0.2) is 0 Å². The van der Waals surface area contributed by atoms with Gasteiger partial charge >= 0.3 is 29.6 Å². The molecule has 2 N–H and O–H groups in total. The fourth-order valence-corrected chi connectivity index (χ4v) is 0.453. The Kier molecular flexibility index (Phi) is 6.87. The summed E-state index contributed by atoms with van der Waals surface area (Å²) in [5.74, 6) is 0.339. The standard InChI is InChI=1S/C6H6O2.FH.Na/c7-5-1-2-6(8)4-3-5;;/h1-4,7-8H;1H;/q;;+1/p-1. The van der Waals surface area contributed by atoms with E-state index in [1.165, 1.54) is 24.3 Å². The number of rotatable bonds is 0. The van der Waals surface area contributed by atoms with E-state index >= 15 is 0 Å². The molecule has 0 amide bonds. The van der Waals surface area contributed by atoms with Crippen LogP contribution in [0.3, 0.4) is 0 Å². The maximum atomic E-state index is 8.65. The Morgan fingerprint density at radius 3 is 1.20 bits per heavy atom. The third kappa shape index (κ3) is 3.71. The molecule has 0 atom stereocenters. The maximum Gasteiger partial charge on any atom is 1.00 e. The number of halogens is 1. The van der Waals surface area contributed by atoms with Crippen molar-refractivity contribution in [3.63, 3.8) is 0 Å². The van der Waals surface area contributed by atoms with Gasteiger partial charge in [0.15, 0.2) is 0 Å². The monoisotopic (exact) mass is 152 g/mol. The number of benzene rings is 1. The first-order valence-corrected chi connectivity index (χ1v) is 2.27. The van der Waals surface area contributed by atoms with Crippen molar-refractivity contribution in [3.8, 4) is 11.5 Å². The molecule has 0 aliphatic carbocycles. The van der Waals surface area contributed by atoms with Gasteiger partial charge in [0.2, 0.25) is 0 Å². The second-order valence-electron chi connectivity index (χ2n) is 1.52. The average Bonchev–Trinajstić information content (AvgIpc) is 1.77. The second kappa shape index (κ2) is 5.53. The predicted molar refractivity (Wildman–Crippen MR) is 29.8 cm³/mol. The molecule has 0 aliphatic rings. The van der Waals surface area contributed by atoms with Crippen LogP contribution >= 0.6 is 0 Å². The summed E-state index contributed by atoms with van der Waals surface area (Å²) >= 11 is 0. The molecule has 0 spiro atoms. The number of phenols is 2. The number of hydrogen-bond acceptors (Lipinski definition) is 2. The molecule has 0 saturated carbocycles. The minimum absolute atomic E-state index is 0. The van der Waals surface area contributed by atoms with Crippen LogP contribution in [0.4, 0.5) is 0 Å². The third-order valence-corrected chi connectivity index (χ3v) is 0.850. The zero-order valence-corrected chi connectivity index (χ0v) is 7.58. The van der Waals surface area contributed by atoms with E-state index in [-0.39, 0.29) is 45.8 Å². The maximum absolute atomic E-state index is 8.65. The van der Waals surface area contributed by atoms with E-state index in [1.807, 2.05) is 0 Å². The first kappa shape index (κ1) is 12.4. The third-order valence-electron chi connectivity index (χ3n) is 0.850. The van der Waals surface area contributed by atoms with Crippen molar-refractivity contribution in [1.29, 1.82) is 0 Å². The predicted octanol–water partition coefficient (Wildman–Crippen LogP) is -4.89. The minimum Gasteiger partial charge on any atom is -1.00 e. The topological polar surface area (TPSA) is 40.5 Å². The summed E-state index contributed by atoms with van der Waals surface area (Å²) in [5.41, 5.74) is 0. The molecule has 0 bridgehead atoms. The molecule has 0 saturated heterocycles. The smallest absolute Gasteiger partial charge is 1.00 e. The van der Waals surface area contributed by atoms with Crippen molar-refractivity contribution >= 4 is 0 Å². The molecular formula is C6H6FNaO2. The second-order valence-corrected chi connectivity index (χ2v) is 1.52. The van der Waals surface area contributed by atoms with Gasteiger partial charge in [-0.3, -0.25) is 0 Å². The first-order chi connectivity index (χ1) is 3.79. The average molecular weight is 152 g/mol. The normalized spacial score (nSPS) is 7.20. The van der Waals surface area contributed by atoms with Crippen LogP contribution in [0.2, 0.25) is 0 Å². The molecule has 0 fully saturated rings. The largest absolute Gasteiger partial charge is 1.00 e. The molecule has 1 aromatic carbocycles. The van der Waals surface area contributed by atoms with Crippen molar-refractivity contribution in [2.45, 2.75) is 0 Å². The van der Waals surface area contributed by atoms with E-state index in [2.05, 4.69) is 0 Å². The zero-order chi connectivity index (χ0) is 5.98. The Balaban J connectivity index is 0. The Bertz CT molecular complexity index is 155. The van der Waals surface area contributed by atoms with Gasteiger partial charge < -0.3 is 14.9 Å². The van der Waals surface area contributed by atoms with Gasteiger partial charge in [-0.2, -0.15) is 0 Å². The summed E-state index contributed by atoms with van der Waals surface area (Å²) in [6, 6.07) is 5.70. The van der Waals surface area contributed by atoms with Crippen LogP contribution in [0, 0.1) is 0 Å². The van der Waals surface area contributed by atoms with Crippen LogP contribution < -0.4 is 34.3 Å². The number of hydrogen-bond donors (Lipinski definition) is 2. The van der Waals surface area contributed by atoms with Crippen molar-refractivity contribution in [2.24, 2.45) is 0 Å². The molecule has 0 radical (unpaired) electrons. The Labute approximate surface area is 80.2 Å². The van der Waals surface area contributed by atoms with Crippen LogP contribution in [0.15, 0.2) is 24.3 Å². The van der Waals surface area contributed by atoms with E-state index in [0.29, 0.717) is 0 Å². The van der Waals surface area contributed by atoms with Crippen molar-refractivity contribution in [1.82, 2.24) is 0 Å². The number of phenolic OH excluding ortho intramolecular Hbond substituents is 2. The van der Waals surface area contributed by atoms with Gasteiger partial charge in [0.25, 0.3) is 0 Å². The molecule has 1 aromatic rings. The van der Waals surface area contributed by atoms with Crippen LogP contribution in [0.25, 0.3) is 0 Å². The fraction of sp³-hybridized carbons (Fsp3) is 0. The van der Waals surface area contributed by atoms with E-state index in [0.717, 1.165) is 0 Å². The van der Waals surface area contributed by atoms with Gasteiger partial charge in [-0.15, -0.1) is 0 Å². The summed E-state index contributed by atoms with van der Waals surface area (Å²) in [4.78, 5) is 0. The summed E-state index contributed by atoms with van der Waals surface area (Å²) in [6.45, 7) is 0.